The normalized spacial score (nSPS) is 21.4. The van der Waals surface area contributed by atoms with Crippen LogP contribution in [0.3, 0.4) is 0 Å². The molecule has 4 amide bonds. The zero-order valence-electron chi connectivity index (χ0n) is 39.8. The van der Waals surface area contributed by atoms with Gasteiger partial charge in [-0.05, 0) is 114 Å². The predicted octanol–water partition coefficient (Wildman–Crippen LogP) is 9.16. The highest BCUT2D eigenvalue weighted by atomic mass is 127. The van der Waals surface area contributed by atoms with E-state index in [2.05, 4.69) is 22.6 Å². The highest BCUT2D eigenvalue weighted by molar-refractivity contribution is 14.1. The fourth-order valence-electron chi connectivity index (χ4n) is 8.00. The lowest BCUT2D eigenvalue weighted by atomic mass is 9.78. The number of amides is 4. The monoisotopic (exact) mass is 1070 g/mol. The van der Waals surface area contributed by atoms with E-state index in [9.17, 15) is 19.2 Å². The SMILES string of the molecule is CC1(C)OB(c2ccc(CC(=O)N3C(=O)OC[C@@H]3Cc3ccccc3)cc2Cl)OC1(C)C.CI.C[C@H](C(=O)N1C(=O)OC[C@@H]1Cc1ccccc1)c1ccc(B2OC(C)(C)C(C)(C)O2)c(Cl)c1. The Balaban J connectivity index is 0.000000213. The van der Waals surface area contributed by atoms with E-state index in [0.717, 1.165) is 11.1 Å². The van der Waals surface area contributed by atoms with E-state index in [4.69, 9.17) is 51.3 Å². The number of hydrogen-bond donors (Lipinski definition) is 0. The van der Waals surface area contributed by atoms with Gasteiger partial charge in [0.25, 0.3) is 0 Å². The lowest BCUT2D eigenvalue weighted by Crippen LogP contribution is -2.42. The molecule has 8 rings (SSSR count). The Morgan fingerprint density at radius 1 is 0.612 bits per heavy atom. The summed E-state index contributed by atoms with van der Waals surface area (Å²) in [5.41, 5.74) is 3.02. The molecule has 0 N–H and O–H groups in total. The van der Waals surface area contributed by atoms with E-state index < -0.39 is 54.7 Å². The average molecular weight is 1070 g/mol. The summed E-state index contributed by atoms with van der Waals surface area (Å²) in [6.07, 6.45) is -0.0558. The van der Waals surface area contributed by atoms with Gasteiger partial charge in [-0.2, -0.15) is 0 Å². The molecule has 4 aliphatic heterocycles. The average Bonchev–Trinajstić information content (AvgIpc) is 3.96. The molecule has 4 aromatic rings. The maximum atomic E-state index is 13.3. The van der Waals surface area contributed by atoms with Crippen molar-refractivity contribution in [1.82, 2.24) is 9.80 Å². The van der Waals surface area contributed by atoms with Crippen LogP contribution in [0.15, 0.2) is 97.1 Å². The summed E-state index contributed by atoms with van der Waals surface area (Å²) in [5, 5.41) is 0.911. The molecule has 0 spiro atoms. The standard InChI is InChI=1S/C25H29BClNO5.C24H27BClNO5.CH3I/c1-16(22(29)28-19(15-31-23(28)30)13-17-9-7-6-8-10-17)18-11-12-20(21(27)14-18)26-32-24(2,3)25(4,5)33-26;1-23(2)24(3,4)32-25(31-23)19-11-10-17(13-20(19)26)14-21(28)27-18(15-30-22(27)29)12-16-8-6-5-7-9-16;1-2/h6-12,14,16,19H,13,15H2,1-5H3;5-11,13,18H,12,14-15H2,1-4H3;1H3/t16-,19-;18-;/m00./s1. The number of carbonyl (C=O) groups excluding carboxylic acids is 4. The summed E-state index contributed by atoms with van der Waals surface area (Å²) >= 11 is 15.3. The van der Waals surface area contributed by atoms with Crippen LogP contribution in [0.2, 0.25) is 10.0 Å². The molecule has 0 bridgehead atoms. The van der Waals surface area contributed by atoms with Gasteiger partial charge in [-0.3, -0.25) is 9.59 Å². The number of imide groups is 2. The van der Waals surface area contributed by atoms with Crippen molar-refractivity contribution in [2.24, 2.45) is 0 Å². The first kappa shape index (κ1) is 52.4. The summed E-state index contributed by atoms with van der Waals surface area (Å²) < 4.78 is 34.7. The number of ether oxygens (including phenoxy) is 2. The number of rotatable bonds is 10. The van der Waals surface area contributed by atoms with Crippen molar-refractivity contribution in [1.29, 1.82) is 0 Å². The van der Waals surface area contributed by atoms with Gasteiger partial charge in [0.15, 0.2) is 0 Å². The number of benzene rings is 4. The second-order valence-electron chi connectivity index (χ2n) is 19.0. The molecular formula is C50H59B2Cl2IN2O10. The molecule has 0 saturated carbocycles. The molecule has 4 aromatic carbocycles. The van der Waals surface area contributed by atoms with Crippen LogP contribution >= 0.6 is 45.8 Å². The van der Waals surface area contributed by atoms with Crippen molar-refractivity contribution in [2.75, 3.05) is 18.1 Å². The van der Waals surface area contributed by atoms with Gasteiger partial charge in [-0.25, -0.2) is 19.4 Å². The van der Waals surface area contributed by atoms with E-state index in [-0.39, 0.29) is 43.5 Å². The quantitative estimate of drug-likeness (QED) is 0.0862. The van der Waals surface area contributed by atoms with E-state index >= 15 is 0 Å². The number of halogens is 3. The third-order valence-corrected chi connectivity index (χ3v) is 14.0. The molecule has 0 aliphatic carbocycles. The maximum absolute atomic E-state index is 13.3. The summed E-state index contributed by atoms with van der Waals surface area (Å²) in [4.78, 5) is 55.4. The molecule has 4 heterocycles. The first-order valence-corrected chi connectivity index (χ1v) is 25.2. The van der Waals surface area contributed by atoms with Crippen molar-refractivity contribution < 1.29 is 47.3 Å². The summed E-state index contributed by atoms with van der Waals surface area (Å²) in [6.45, 7) is 18.0. The zero-order chi connectivity index (χ0) is 49.1. The molecule has 12 nitrogen and oxygen atoms in total. The van der Waals surface area contributed by atoms with E-state index in [1.54, 1.807) is 19.1 Å². The van der Waals surface area contributed by atoms with Gasteiger partial charge >= 0.3 is 26.4 Å². The van der Waals surface area contributed by atoms with Crippen LogP contribution in [0.1, 0.15) is 90.5 Å². The number of alkyl halides is 1. The first-order chi connectivity index (χ1) is 31.6. The number of nitrogens with zero attached hydrogens (tertiary/aromatic N) is 2. The Morgan fingerprint density at radius 3 is 1.45 bits per heavy atom. The first-order valence-electron chi connectivity index (χ1n) is 22.3. The van der Waals surface area contributed by atoms with Gasteiger partial charge in [-0.15, -0.1) is 0 Å². The largest absolute Gasteiger partial charge is 0.496 e. The molecule has 4 saturated heterocycles. The predicted molar refractivity (Wildman–Crippen MR) is 271 cm³/mol. The molecule has 17 heteroatoms. The molecule has 356 valence electrons. The number of carbonyl (C=O) groups is 4. The van der Waals surface area contributed by atoms with Crippen LogP contribution in [0.4, 0.5) is 9.59 Å². The van der Waals surface area contributed by atoms with Crippen molar-refractivity contribution in [3.63, 3.8) is 0 Å². The van der Waals surface area contributed by atoms with E-state index in [1.807, 2.05) is 145 Å². The van der Waals surface area contributed by atoms with Crippen LogP contribution < -0.4 is 10.9 Å². The molecule has 0 aromatic heterocycles. The Bertz CT molecular complexity index is 2390. The van der Waals surface area contributed by atoms with Gasteiger partial charge in [0.1, 0.15) is 13.2 Å². The highest BCUT2D eigenvalue weighted by Crippen LogP contribution is 2.39. The molecule has 0 radical (unpaired) electrons. The fraction of sp³-hybridized carbons (Fsp3) is 0.440. The van der Waals surface area contributed by atoms with E-state index in [0.29, 0.717) is 44.9 Å². The van der Waals surface area contributed by atoms with Crippen molar-refractivity contribution in [3.05, 3.63) is 129 Å². The highest BCUT2D eigenvalue weighted by Gasteiger charge is 2.53. The lowest BCUT2D eigenvalue weighted by Gasteiger charge is -2.32. The third kappa shape index (κ3) is 11.7. The minimum Gasteiger partial charge on any atom is -0.447 e. The van der Waals surface area contributed by atoms with E-state index in [1.165, 1.54) is 9.80 Å². The second kappa shape index (κ2) is 21.4. The maximum Gasteiger partial charge on any atom is 0.496 e. The molecule has 4 fully saturated rings. The van der Waals surface area contributed by atoms with Crippen LogP contribution in [0.5, 0.6) is 0 Å². The molecule has 4 aliphatic rings. The Morgan fingerprint density at radius 2 is 1.01 bits per heavy atom. The molecule has 3 atom stereocenters. The Labute approximate surface area is 419 Å². The summed E-state index contributed by atoms with van der Waals surface area (Å²) in [5.74, 6) is -1.19. The Kier molecular flexibility index (Phi) is 16.7. The van der Waals surface area contributed by atoms with Gasteiger partial charge in [-0.1, -0.05) is 131 Å². The molecule has 67 heavy (non-hydrogen) atoms. The third-order valence-electron chi connectivity index (χ3n) is 13.4. The summed E-state index contributed by atoms with van der Waals surface area (Å²) in [7, 11) is -1.17. The van der Waals surface area contributed by atoms with Gasteiger partial charge in [0.2, 0.25) is 11.8 Å². The van der Waals surface area contributed by atoms with Crippen molar-refractivity contribution >= 4 is 95.0 Å². The van der Waals surface area contributed by atoms with Crippen molar-refractivity contribution in [3.8, 4) is 0 Å². The van der Waals surface area contributed by atoms with Crippen LogP contribution in [-0.2, 0) is 56.9 Å². The lowest BCUT2D eigenvalue weighted by molar-refractivity contribution is -0.130. The zero-order valence-corrected chi connectivity index (χ0v) is 43.4. The van der Waals surface area contributed by atoms with Gasteiger partial charge in [0.05, 0.1) is 46.8 Å². The number of hydrogen-bond acceptors (Lipinski definition) is 10. The van der Waals surface area contributed by atoms with Gasteiger partial charge in [0, 0.05) is 21.0 Å². The minimum atomic E-state index is -0.604. The fourth-order valence-corrected chi connectivity index (χ4v) is 8.57. The minimum absolute atomic E-state index is 0.0454. The number of cyclic esters (lactones) is 2. The second-order valence-corrected chi connectivity index (χ2v) is 19.8. The Hall–Kier alpha value is -3.96. The van der Waals surface area contributed by atoms with Crippen LogP contribution in [0.25, 0.3) is 0 Å². The molecule has 0 unspecified atom stereocenters. The van der Waals surface area contributed by atoms with Crippen LogP contribution in [-0.4, -0.2) is 101 Å². The van der Waals surface area contributed by atoms with Gasteiger partial charge < -0.3 is 28.1 Å². The van der Waals surface area contributed by atoms with Crippen LogP contribution in [0, 0.1) is 0 Å². The topological polar surface area (TPSA) is 130 Å². The smallest absolute Gasteiger partial charge is 0.447 e. The molecular weight excluding hydrogens is 1010 g/mol. The summed E-state index contributed by atoms with van der Waals surface area (Å²) in [6, 6.07) is 29.6. The van der Waals surface area contributed by atoms with Crippen molar-refractivity contribution in [2.45, 2.75) is 122 Å².